The second-order valence-electron chi connectivity index (χ2n) is 4.36. The summed E-state index contributed by atoms with van der Waals surface area (Å²) in [5.41, 5.74) is 1.31. The van der Waals surface area contributed by atoms with Crippen molar-refractivity contribution < 1.29 is 9.90 Å². The van der Waals surface area contributed by atoms with Crippen LogP contribution in [0.25, 0.3) is 0 Å². The zero-order valence-corrected chi connectivity index (χ0v) is 11.5. The van der Waals surface area contributed by atoms with Crippen molar-refractivity contribution in [2.75, 3.05) is 11.9 Å². The van der Waals surface area contributed by atoms with Crippen LogP contribution in [0.1, 0.15) is 15.9 Å². The Morgan fingerprint density at radius 1 is 1.33 bits per heavy atom. The monoisotopic (exact) mass is 282 g/mol. The van der Waals surface area contributed by atoms with E-state index in [1.807, 2.05) is 0 Å². The minimum atomic E-state index is -0.361. The van der Waals surface area contributed by atoms with E-state index in [0.717, 1.165) is 0 Å². The number of aliphatic hydroxyl groups is 1. The van der Waals surface area contributed by atoms with Crippen LogP contribution in [0.5, 0.6) is 0 Å². The Morgan fingerprint density at radius 3 is 2.86 bits per heavy atom. The molecule has 1 aromatic heterocycles. The molecular formula is C16H14N2O3. The summed E-state index contributed by atoms with van der Waals surface area (Å²) in [7, 11) is 1.62. The van der Waals surface area contributed by atoms with E-state index in [4.69, 9.17) is 5.11 Å². The number of carbonyl (C=O) groups excluding carboxylic acids is 1. The van der Waals surface area contributed by atoms with Crippen LogP contribution >= 0.6 is 0 Å². The van der Waals surface area contributed by atoms with E-state index in [-0.39, 0.29) is 18.1 Å². The molecule has 0 atom stereocenters. The van der Waals surface area contributed by atoms with Crippen molar-refractivity contribution in [1.29, 1.82) is 0 Å². The fraction of sp³-hybridized carbons (Fsp3) is 0.125. The first-order valence-corrected chi connectivity index (χ1v) is 6.28. The lowest BCUT2D eigenvalue weighted by Crippen LogP contribution is -2.19. The predicted molar refractivity (Wildman–Crippen MR) is 80.0 cm³/mol. The molecule has 0 spiro atoms. The number of anilines is 1. The molecule has 0 saturated heterocycles. The molecule has 5 heteroatoms. The summed E-state index contributed by atoms with van der Waals surface area (Å²) in [6.07, 6.45) is 1.54. The van der Waals surface area contributed by atoms with Crippen LogP contribution in [0.15, 0.2) is 47.4 Å². The molecule has 2 rings (SSSR count). The standard InChI is InChI=1S/C16H14N2O3/c1-18-8-7-13(11-15(18)20)16(21)17-14-6-2-4-12(10-14)5-3-9-19/h2,4,6-8,10-11,19H,9H2,1H3,(H,17,21). The highest BCUT2D eigenvalue weighted by atomic mass is 16.2. The molecule has 1 heterocycles. The highest BCUT2D eigenvalue weighted by Crippen LogP contribution is 2.11. The van der Waals surface area contributed by atoms with Gasteiger partial charge < -0.3 is 15.0 Å². The van der Waals surface area contributed by atoms with Crippen molar-refractivity contribution in [3.8, 4) is 11.8 Å². The average molecular weight is 282 g/mol. The number of amides is 1. The number of benzene rings is 1. The summed E-state index contributed by atoms with van der Waals surface area (Å²) in [6, 6.07) is 9.80. The smallest absolute Gasteiger partial charge is 0.255 e. The van der Waals surface area contributed by atoms with Gasteiger partial charge in [-0.3, -0.25) is 9.59 Å². The van der Waals surface area contributed by atoms with Crippen LogP contribution in [0.2, 0.25) is 0 Å². The first kappa shape index (κ1) is 14.6. The molecule has 1 aromatic carbocycles. The van der Waals surface area contributed by atoms with Crippen molar-refractivity contribution in [2.45, 2.75) is 0 Å². The molecule has 0 bridgehead atoms. The van der Waals surface area contributed by atoms with Gasteiger partial charge in [0, 0.05) is 36.1 Å². The van der Waals surface area contributed by atoms with Crippen molar-refractivity contribution in [2.24, 2.45) is 7.05 Å². The highest BCUT2D eigenvalue weighted by Gasteiger charge is 2.07. The van der Waals surface area contributed by atoms with E-state index in [9.17, 15) is 9.59 Å². The zero-order valence-electron chi connectivity index (χ0n) is 11.5. The molecule has 5 nitrogen and oxygen atoms in total. The number of hydrogen-bond donors (Lipinski definition) is 2. The summed E-state index contributed by atoms with van der Waals surface area (Å²) in [5, 5.41) is 11.4. The second kappa shape index (κ2) is 6.55. The van der Waals surface area contributed by atoms with E-state index < -0.39 is 0 Å². The van der Waals surface area contributed by atoms with Crippen LogP contribution in [0.3, 0.4) is 0 Å². The lowest BCUT2D eigenvalue weighted by Gasteiger charge is -2.06. The molecular weight excluding hydrogens is 268 g/mol. The van der Waals surface area contributed by atoms with Crippen molar-refractivity contribution in [3.05, 3.63) is 64.1 Å². The number of pyridine rings is 1. The molecule has 0 aliphatic heterocycles. The molecule has 1 amide bonds. The quantitative estimate of drug-likeness (QED) is 0.807. The minimum Gasteiger partial charge on any atom is -0.384 e. The number of rotatable bonds is 2. The average Bonchev–Trinajstić information content (AvgIpc) is 2.48. The van der Waals surface area contributed by atoms with Crippen LogP contribution in [-0.2, 0) is 7.05 Å². The van der Waals surface area contributed by atoms with E-state index in [0.29, 0.717) is 16.8 Å². The molecule has 0 aliphatic carbocycles. The fourth-order valence-corrected chi connectivity index (χ4v) is 1.71. The van der Waals surface area contributed by atoms with E-state index in [2.05, 4.69) is 17.2 Å². The molecule has 0 fully saturated rings. The van der Waals surface area contributed by atoms with Gasteiger partial charge in [0.25, 0.3) is 11.5 Å². The lowest BCUT2D eigenvalue weighted by molar-refractivity contribution is 0.102. The maximum atomic E-state index is 12.1. The maximum absolute atomic E-state index is 12.1. The maximum Gasteiger partial charge on any atom is 0.255 e. The van der Waals surface area contributed by atoms with Crippen molar-refractivity contribution in [1.82, 2.24) is 4.57 Å². The second-order valence-corrected chi connectivity index (χ2v) is 4.36. The Hall–Kier alpha value is -2.84. The molecule has 2 aromatic rings. The SMILES string of the molecule is Cn1ccc(C(=O)Nc2cccc(C#CCO)c2)cc1=O. The van der Waals surface area contributed by atoms with Crippen LogP contribution in [0.4, 0.5) is 5.69 Å². The number of nitrogens with zero attached hydrogens (tertiary/aromatic N) is 1. The summed E-state index contributed by atoms with van der Waals surface area (Å²) in [5.74, 6) is 4.94. The third-order valence-electron chi connectivity index (χ3n) is 2.80. The van der Waals surface area contributed by atoms with Gasteiger partial charge in [-0.25, -0.2) is 0 Å². The lowest BCUT2D eigenvalue weighted by atomic mass is 10.2. The van der Waals surface area contributed by atoms with Crippen molar-refractivity contribution >= 4 is 11.6 Å². The van der Waals surface area contributed by atoms with Gasteiger partial charge in [0.2, 0.25) is 0 Å². The number of carbonyl (C=O) groups is 1. The van der Waals surface area contributed by atoms with Gasteiger partial charge in [0.1, 0.15) is 6.61 Å². The van der Waals surface area contributed by atoms with E-state index in [1.54, 1.807) is 43.6 Å². The highest BCUT2D eigenvalue weighted by molar-refractivity contribution is 6.04. The number of aromatic nitrogens is 1. The minimum absolute atomic E-state index is 0.218. The number of aliphatic hydroxyl groups excluding tert-OH is 1. The molecule has 2 N–H and O–H groups in total. The Morgan fingerprint density at radius 2 is 2.14 bits per heavy atom. The third kappa shape index (κ3) is 3.81. The van der Waals surface area contributed by atoms with Gasteiger partial charge in [-0.05, 0) is 24.3 Å². The fourth-order valence-electron chi connectivity index (χ4n) is 1.71. The van der Waals surface area contributed by atoms with Crippen LogP contribution < -0.4 is 10.9 Å². The Balaban J connectivity index is 2.19. The molecule has 0 radical (unpaired) electrons. The molecule has 0 aliphatic rings. The normalized spacial score (nSPS) is 9.62. The first-order valence-electron chi connectivity index (χ1n) is 6.28. The summed E-state index contributed by atoms with van der Waals surface area (Å²) < 4.78 is 1.39. The van der Waals surface area contributed by atoms with Gasteiger partial charge in [0.05, 0.1) is 0 Å². The molecule has 0 unspecified atom stereocenters. The summed E-state index contributed by atoms with van der Waals surface area (Å²) >= 11 is 0. The number of aryl methyl sites for hydroxylation is 1. The van der Waals surface area contributed by atoms with Gasteiger partial charge in [-0.15, -0.1) is 0 Å². The predicted octanol–water partition coefficient (Wildman–Crippen LogP) is 0.981. The van der Waals surface area contributed by atoms with E-state index in [1.165, 1.54) is 10.6 Å². The molecule has 0 saturated carbocycles. The first-order chi connectivity index (χ1) is 10.1. The van der Waals surface area contributed by atoms with Gasteiger partial charge in [-0.2, -0.15) is 0 Å². The Kier molecular flexibility index (Phi) is 4.54. The van der Waals surface area contributed by atoms with E-state index >= 15 is 0 Å². The number of hydrogen-bond acceptors (Lipinski definition) is 3. The summed E-state index contributed by atoms with van der Waals surface area (Å²) in [4.78, 5) is 23.6. The van der Waals surface area contributed by atoms with Crippen molar-refractivity contribution in [3.63, 3.8) is 0 Å². The van der Waals surface area contributed by atoms with Gasteiger partial charge >= 0.3 is 0 Å². The van der Waals surface area contributed by atoms with Crippen LogP contribution in [0, 0.1) is 11.8 Å². The third-order valence-corrected chi connectivity index (χ3v) is 2.80. The van der Waals surface area contributed by atoms with Crippen LogP contribution in [-0.4, -0.2) is 22.2 Å². The number of nitrogens with one attached hydrogen (secondary N) is 1. The Bertz CT molecular complexity index is 782. The summed E-state index contributed by atoms with van der Waals surface area (Å²) in [6.45, 7) is -0.218. The van der Waals surface area contributed by atoms with Gasteiger partial charge in [0.15, 0.2) is 0 Å². The van der Waals surface area contributed by atoms with Gasteiger partial charge in [-0.1, -0.05) is 17.9 Å². The zero-order chi connectivity index (χ0) is 15.2. The topological polar surface area (TPSA) is 71.3 Å². The largest absolute Gasteiger partial charge is 0.384 e. The molecule has 106 valence electrons. The Labute approximate surface area is 121 Å². The molecule has 21 heavy (non-hydrogen) atoms.